The van der Waals surface area contributed by atoms with Crippen molar-refractivity contribution >= 4 is 40.4 Å². The highest BCUT2D eigenvalue weighted by Gasteiger charge is 2.15. The number of anilines is 2. The van der Waals surface area contributed by atoms with Crippen LogP contribution in [0.5, 0.6) is 0 Å². The molecule has 9 nitrogen and oxygen atoms in total. The van der Waals surface area contributed by atoms with Gasteiger partial charge in [0, 0.05) is 35.3 Å². The molecule has 0 spiro atoms. The van der Waals surface area contributed by atoms with Gasteiger partial charge >= 0.3 is 0 Å². The first kappa shape index (κ1) is 20.2. The summed E-state index contributed by atoms with van der Waals surface area (Å²) in [5, 5.41) is 15.8. The molecule has 10 heteroatoms. The molecule has 2 heterocycles. The molecular formula is C19H20N6O3S. The molecule has 0 radical (unpaired) electrons. The van der Waals surface area contributed by atoms with Gasteiger partial charge in [-0.2, -0.15) is 16.4 Å². The van der Waals surface area contributed by atoms with Gasteiger partial charge in [0.05, 0.1) is 0 Å². The minimum atomic E-state index is -0.499. The van der Waals surface area contributed by atoms with E-state index < -0.39 is 6.04 Å². The fourth-order valence-electron chi connectivity index (χ4n) is 2.43. The van der Waals surface area contributed by atoms with Gasteiger partial charge in [-0.3, -0.25) is 14.4 Å². The highest BCUT2D eigenvalue weighted by atomic mass is 32.1. The molecule has 3 rings (SSSR count). The van der Waals surface area contributed by atoms with Crippen molar-refractivity contribution < 1.29 is 14.4 Å². The van der Waals surface area contributed by atoms with Gasteiger partial charge in [-0.05, 0) is 42.6 Å². The lowest BCUT2D eigenvalue weighted by molar-refractivity contribution is -0.119. The number of hydrogen-bond acceptors (Lipinski definition) is 6. The Labute approximate surface area is 171 Å². The molecule has 1 atom stereocenters. The van der Waals surface area contributed by atoms with Gasteiger partial charge in [0.15, 0.2) is 0 Å². The lowest BCUT2D eigenvalue weighted by Gasteiger charge is -2.12. The van der Waals surface area contributed by atoms with Crippen LogP contribution in [0.25, 0.3) is 0 Å². The number of carbonyl (C=O) groups excluding carboxylic acids is 3. The Morgan fingerprint density at radius 2 is 1.83 bits per heavy atom. The third-order valence-corrected chi connectivity index (χ3v) is 4.75. The number of carbonyl (C=O) groups is 3. The summed E-state index contributed by atoms with van der Waals surface area (Å²) in [4.78, 5) is 39.9. The minimum Gasteiger partial charge on any atom is -0.351 e. The van der Waals surface area contributed by atoms with Crippen LogP contribution in [0.15, 0.2) is 53.7 Å². The molecule has 0 aliphatic heterocycles. The summed E-state index contributed by atoms with van der Waals surface area (Å²) < 4.78 is 1.46. The lowest BCUT2D eigenvalue weighted by atomic mass is 10.2. The molecule has 1 aromatic carbocycles. The molecule has 0 bridgehead atoms. The second kappa shape index (κ2) is 9.60. The Hall–Kier alpha value is -3.53. The Kier molecular flexibility index (Phi) is 6.69. The second-order valence-electron chi connectivity index (χ2n) is 6.18. The fourth-order valence-corrected chi connectivity index (χ4v) is 3.07. The summed E-state index contributed by atoms with van der Waals surface area (Å²) in [6.45, 7) is 1.96. The van der Waals surface area contributed by atoms with Crippen LogP contribution in [0, 0.1) is 0 Å². The standard InChI is InChI=1S/C19H20N6O3S/c1-13(25-12-20-11-22-25)18(27)24-16-4-2-15(3-5-16)23-17(26)6-8-21-19(28)14-7-9-29-10-14/h2-5,7,9-13H,6,8H2,1H3,(H,21,28)(H,23,26)(H,24,27). The van der Waals surface area contributed by atoms with Gasteiger partial charge < -0.3 is 16.0 Å². The molecule has 2 aromatic heterocycles. The third kappa shape index (κ3) is 5.72. The van der Waals surface area contributed by atoms with Crippen molar-refractivity contribution in [1.29, 1.82) is 0 Å². The largest absolute Gasteiger partial charge is 0.351 e. The summed E-state index contributed by atoms with van der Waals surface area (Å²) in [6.07, 6.45) is 3.00. The number of aromatic nitrogens is 3. The zero-order valence-corrected chi connectivity index (χ0v) is 16.5. The third-order valence-electron chi connectivity index (χ3n) is 4.07. The number of nitrogens with one attached hydrogen (secondary N) is 3. The van der Waals surface area contributed by atoms with Gasteiger partial charge in [0.2, 0.25) is 11.8 Å². The average molecular weight is 412 g/mol. The van der Waals surface area contributed by atoms with Crippen molar-refractivity contribution in [3.05, 3.63) is 59.3 Å². The second-order valence-corrected chi connectivity index (χ2v) is 6.96. The first-order valence-corrected chi connectivity index (χ1v) is 9.82. The van der Waals surface area contributed by atoms with E-state index in [0.717, 1.165) is 0 Å². The van der Waals surface area contributed by atoms with E-state index in [1.54, 1.807) is 42.6 Å². The highest BCUT2D eigenvalue weighted by Crippen LogP contribution is 2.15. The number of benzene rings is 1. The molecular weight excluding hydrogens is 392 g/mol. The molecule has 150 valence electrons. The molecule has 1 unspecified atom stereocenters. The van der Waals surface area contributed by atoms with Crippen molar-refractivity contribution in [2.45, 2.75) is 19.4 Å². The fraction of sp³-hybridized carbons (Fsp3) is 0.211. The van der Waals surface area contributed by atoms with Crippen LogP contribution in [0.1, 0.15) is 29.7 Å². The summed E-state index contributed by atoms with van der Waals surface area (Å²) in [6, 6.07) is 8.00. The Bertz CT molecular complexity index is 955. The first-order chi connectivity index (χ1) is 14.0. The minimum absolute atomic E-state index is 0.157. The van der Waals surface area contributed by atoms with E-state index in [9.17, 15) is 14.4 Å². The van der Waals surface area contributed by atoms with Crippen LogP contribution in [0.4, 0.5) is 11.4 Å². The van der Waals surface area contributed by atoms with Crippen molar-refractivity contribution in [3.8, 4) is 0 Å². The summed E-state index contributed by atoms with van der Waals surface area (Å²) >= 11 is 1.44. The number of thiophene rings is 1. The van der Waals surface area contributed by atoms with E-state index in [1.807, 2.05) is 5.38 Å². The predicted octanol–water partition coefficient (Wildman–Crippen LogP) is 2.30. The number of hydrogen-bond donors (Lipinski definition) is 3. The molecule has 0 saturated carbocycles. The average Bonchev–Trinajstić information content (AvgIpc) is 3.43. The summed E-state index contributed by atoms with van der Waals surface area (Å²) in [5.41, 5.74) is 1.79. The van der Waals surface area contributed by atoms with Crippen LogP contribution in [0.2, 0.25) is 0 Å². The van der Waals surface area contributed by atoms with Gasteiger partial charge in [-0.25, -0.2) is 9.67 Å². The molecule has 3 amide bonds. The number of nitrogens with zero attached hydrogens (tertiary/aromatic N) is 3. The molecule has 3 aromatic rings. The van der Waals surface area contributed by atoms with Crippen molar-refractivity contribution in [2.75, 3.05) is 17.2 Å². The molecule has 3 N–H and O–H groups in total. The maximum absolute atomic E-state index is 12.2. The molecule has 0 saturated heterocycles. The van der Waals surface area contributed by atoms with Gasteiger partial charge in [-0.1, -0.05) is 0 Å². The normalized spacial score (nSPS) is 11.5. The van der Waals surface area contributed by atoms with Crippen LogP contribution in [0.3, 0.4) is 0 Å². The van der Waals surface area contributed by atoms with Crippen LogP contribution >= 0.6 is 11.3 Å². The predicted molar refractivity (Wildman–Crippen MR) is 110 cm³/mol. The van der Waals surface area contributed by atoms with E-state index in [0.29, 0.717) is 16.9 Å². The lowest BCUT2D eigenvalue weighted by Crippen LogP contribution is -2.27. The number of amides is 3. The maximum atomic E-state index is 12.2. The van der Waals surface area contributed by atoms with Crippen molar-refractivity contribution in [1.82, 2.24) is 20.1 Å². The molecule has 0 aliphatic carbocycles. The monoisotopic (exact) mass is 412 g/mol. The van der Waals surface area contributed by atoms with Crippen molar-refractivity contribution in [3.63, 3.8) is 0 Å². The zero-order chi connectivity index (χ0) is 20.6. The first-order valence-electron chi connectivity index (χ1n) is 8.88. The van der Waals surface area contributed by atoms with Crippen LogP contribution in [-0.2, 0) is 9.59 Å². The van der Waals surface area contributed by atoms with Crippen LogP contribution in [-0.4, -0.2) is 39.0 Å². The Morgan fingerprint density at radius 3 is 2.45 bits per heavy atom. The van der Waals surface area contributed by atoms with Crippen LogP contribution < -0.4 is 16.0 Å². The van der Waals surface area contributed by atoms with Gasteiger partial charge in [0.1, 0.15) is 18.7 Å². The zero-order valence-electron chi connectivity index (χ0n) is 15.7. The maximum Gasteiger partial charge on any atom is 0.252 e. The Balaban J connectivity index is 1.43. The van der Waals surface area contributed by atoms with Gasteiger partial charge in [0.25, 0.3) is 5.91 Å². The summed E-state index contributed by atoms with van der Waals surface area (Å²) in [5.74, 6) is -0.639. The van der Waals surface area contributed by atoms with E-state index in [1.165, 1.54) is 28.7 Å². The van der Waals surface area contributed by atoms with Crippen molar-refractivity contribution in [2.24, 2.45) is 0 Å². The van der Waals surface area contributed by atoms with E-state index in [-0.39, 0.29) is 30.7 Å². The molecule has 29 heavy (non-hydrogen) atoms. The van der Waals surface area contributed by atoms with Gasteiger partial charge in [-0.15, -0.1) is 0 Å². The topological polar surface area (TPSA) is 118 Å². The molecule has 0 aliphatic rings. The van der Waals surface area contributed by atoms with E-state index in [2.05, 4.69) is 26.0 Å². The van der Waals surface area contributed by atoms with E-state index in [4.69, 9.17) is 0 Å². The molecule has 0 fully saturated rings. The Morgan fingerprint density at radius 1 is 1.10 bits per heavy atom. The SMILES string of the molecule is CC(C(=O)Nc1ccc(NC(=O)CCNC(=O)c2ccsc2)cc1)n1cncn1. The smallest absolute Gasteiger partial charge is 0.252 e. The highest BCUT2D eigenvalue weighted by molar-refractivity contribution is 7.08. The number of rotatable bonds is 8. The summed E-state index contributed by atoms with van der Waals surface area (Å²) in [7, 11) is 0. The quantitative estimate of drug-likeness (QED) is 0.525. The van der Waals surface area contributed by atoms with E-state index >= 15 is 0 Å².